The summed E-state index contributed by atoms with van der Waals surface area (Å²) in [5, 5.41) is 6.05. The second-order valence-corrected chi connectivity index (χ2v) is 6.21. The first-order valence-corrected chi connectivity index (χ1v) is 9.19. The Balaban J connectivity index is 1.90. The number of carbonyl (C=O) groups is 1. The highest BCUT2D eigenvalue weighted by molar-refractivity contribution is 5.94. The van der Waals surface area contributed by atoms with Gasteiger partial charge in [0.1, 0.15) is 11.6 Å². The number of aliphatic imine (C=N–C) groups is 1. The van der Waals surface area contributed by atoms with Crippen LogP contribution in [0.3, 0.4) is 0 Å². The fraction of sp³-hybridized carbons (Fsp3) is 0.333. The van der Waals surface area contributed by atoms with Gasteiger partial charge in [0.2, 0.25) is 0 Å². The van der Waals surface area contributed by atoms with Crippen LogP contribution in [0, 0.1) is 5.82 Å². The first-order chi connectivity index (χ1) is 13.5. The van der Waals surface area contributed by atoms with Crippen molar-refractivity contribution >= 4 is 11.9 Å². The van der Waals surface area contributed by atoms with Gasteiger partial charge in [-0.3, -0.25) is 9.79 Å². The standard InChI is InChI=1S/C21H27FN4O2/c1-4-23-21(26(2)15-16-7-5-9-18(22)13-16)25-12-11-24-20(27)17-8-6-10-19(14-17)28-3/h5-10,13-14H,4,11-12,15H2,1-3H3,(H,23,25)(H,24,27). The zero-order valence-electron chi connectivity index (χ0n) is 16.5. The molecular weight excluding hydrogens is 359 g/mol. The molecule has 0 saturated carbocycles. The Morgan fingerprint density at radius 2 is 1.96 bits per heavy atom. The van der Waals surface area contributed by atoms with Crippen molar-refractivity contribution in [2.45, 2.75) is 13.5 Å². The van der Waals surface area contributed by atoms with Crippen LogP contribution in [0.5, 0.6) is 5.75 Å². The van der Waals surface area contributed by atoms with Crippen LogP contribution in [-0.4, -0.2) is 50.6 Å². The minimum absolute atomic E-state index is 0.174. The molecule has 150 valence electrons. The molecule has 0 bridgehead atoms. The molecule has 0 aliphatic heterocycles. The van der Waals surface area contributed by atoms with Gasteiger partial charge >= 0.3 is 0 Å². The number of hydrogen-bond donors (Lipinski definition) is 2. The van der Waals surface area contributed by atoms with Gasteiger partial charge in [-0.15, -0.1) is 0 Å². The summed E-state index contributed by atoms with van der Waals surface area (Å²) in [5.41, 5.74) is 1.40. The van der Waals surface area contributed by atoms with Crippen molar-refractivity contribution in [1.29, 1.82) is 0 Å². The predicted molar refractivity (Wildman–Crippen MR) is 109 cm³/mol. The topological polar surface area (TPSA) is 66.0 Å². The van der Waals surface area contributed by atoms with Gasteiger partial charge in [0.25, 0.3) is 5.91 Å². The van der Waals surface area contributed by atoms with Gasteiger partial charge < -0.3 is 20.3 Å². The van der Waals surface area contributed by atoms with E-state index in [9.17, 15) is 9.18 Å². The summed E-state index contributed by atoms with van der Waals surface area (Å²) < 4.78 is 18.5. The molecule has 0 unspecified atom stereocenters. The molecule has 2 rings (SSSR count). The van der Waals surface area contributed by atoms with Gasteiger partial charge in [0.05, 0.1) is 13.7 Å². The van der Waals surface area contributed by atoms with Crippen molar-refractivity contribution < 1.29 is 13.9 Å². The maximum Gasteiger partial charge on any atom is 0.251 e. The first kappa shape index (κ1) is 21.2. The zero-order valence-corrected chi connectivity index (χ0v) is 16.5. The van der Waals surface area contributed by atoms with E-state index in [-0.39, 0.29) is 11.7 Å². The summed E-state index contributed by atoms with van der Waals surface area (Å²) in [6.45, 7) is 4.04. The van der Waals surface area contributed by atoms with Crippen LogP contribution >= 0.6 is 0 Å². The third-order valence-electron chi connectivity index (χ3n) is 4.00. The monoisotopic (exact) mass is 386 g/mol. The van der Waals surface area contributed by atoms with E-state index in [1.54, 1.807) is 37.4 Å². The Bertz CT molecular complexity index is 810. The molecule has 0 spiro atoms. The minimum atomic E-state index is -0.256. The highest BCUT2D eigenvalue weighted by atomic mass is 19.1. The molecule has 7 heteroatoms. The van der Waals surface area contributed by atoms with Gasteiger partial charge in [-0.2, -0.15) is 0 Å². The summed E-state index contributed by atoms with van der Waals surface area (Å²) >= 11 is 0. The maximum atomic E-state index is 13.4. The fourth-order valence-corrected chi connectivity index (χ4v) is 2.65. The summed E-state index contributed by atoms with van der Waals surface area (Å²) in [6, 6.07) is 13.5. The van der Waals surface area contributed by atoms with Crippen LogP contribution in [0.25, 0.3) is 0 Å². The summed E-state index contributed by atoms with van der Waals surface area (Å²) in [7, 11) is 3.45. The van der Waals surface area contributed by atoms with Gasteiger partial charge in [-0.05, 0) is 42.8 Å². The molecule has 0 aromatic heterocycles. The fourth-order valence-electron chi connectivity index (χ4n) is 2.65. The smallest absolute Gasteiger partial charge is 0.251 e. The van der Waals surface area contributed by atoms with Crippen LogP contribution in [0.15, 0.2) is 53.5 Å². The largest absolute Gasteiger partial charge is 0.497 e. The molecule has 1 amide bonds. The lowest BCUT2D eigenvalue weighted by Crippen LogP contribution is -2.39. The molecule has 0 aliphatic carbocycles. The van der Waals surface area contributed by atoms with Crippen LogP contribution < -0.4 is 15.4 Å². The molecule has 0 fully saturated rings. The van der Waals surface area contributed by atoms with Crippen LogP contribution in [-0.2, 0) is 6.54 Å². The van der Waals surface area contributed by atoms with Crippen molar-refractivity contribution in [3.8, 4) is 5.75 Å². The molecule has 0 saturated heterocycles. The number of guanidine groups is 1. The summed E-state index contributed by atoms with van der Waals surface area (Å²) in [5.74, 6) is 0.904. The molecule has 2 aromatic carbocycles. The second-order valence-electron chi connectivity index (χ2n) is 6.21. The molecule has 2 aromatic rings. The number of methoxy groups -OCH3 is 1. The van der Waals surface area contributed by atoms with E-state index in [1.807, 2.05) is 24.9 Å². The minimum Gasteiger partial charge on any atom is -0.497 e. The third kappa shape index (κ3) is 6.57. The van der Waals surface area contributed by atoms with Crippen molar-refractivity contribution in [3.05, 3.63) is 65.5 Å². The lowest BCUT2D eigenvalue weighted by atomic mass is 10.2. The number of nitrogens with one attached hydrogen (secondary N) is 2. The van der Waals surface area contributed by atoms with Crippen LogP contribution in [0.2, 0.25) is 0 Å². The Kier molecular flexibility index (Phi) is 8.27. The quantitative estimate of drug-likeness (QED) is 0.416. The molecule has 0 radical (unpaired) electrons. The third-order valence-corrected chi connectivity index (χ3v) is 4.00. The lowest BCUT2D eigenvalue weighted by molar-refractivity contribution is 0.0954. The Hall–Kier alpha value is -3.09. The molecule has 6 nitrogen and oxygen atoms in total. The highest BCUT2D eigenvalue weighted by Crippen LogP contribution is 2.12. The van der Waals surface area contributed by atoms with Gasteiger partial charge in [0.15, 0.2) is 5.96 Å². The molecular formula is C21H27FN4O2. The average Bonchev–Trinajstić information content (AvgIpc) is 2.70. The number of amides is 1. The number of ether oxygens (including phenoxy) is 1. The second kappa shape index (κ2) is 10.9. The van der Waals surface area contributed by atoms with E-state index in [1.165, 1.54) is 12.1 Å². The van der Waals surface area contributed by atoms with E-state index in [0.717, 1.165) is 5.56 Å². The van der Waals surface area contributed by atoms with Gasteiger partial charge in [-0.1, -0.05) is 18.2 Å². The van der Waals surface area contributed by atoms with E-state index >= 15 is 0 Å². The Morgan fingerprint density at radius 3 is 2.68 bits per heavy atom. The highest BCUT2D eigenvalue weighted by Gasteiger charge is 2.08. The maximum absolute atomic E-state index is 13.4. The average molecular weight is 386 g/mol. The molecule has 2 N–H and O–H groups in total. The summed E-state index contributed by atoms with van der Waals surface area (Å²) in [6.07, 6.45) is 0. The zero-order chi connectivity index (χ0) is 20.4. The lowest BCUT2D eigenvalue weighted by Gasteiger charge is -2.22. The van der Waals surface area contributed by atoms with Crippen molar-refractivity contribution in [2.24, 2.45) is 4.99 Å². The van der Waals surface area contributed by atoms with Gasteiger partial charge in [-0.25, -0.2) is 4.39 Å². The van der Waals surface area contributed by atoms with E-state index in [4.69, 9.17) is 4.74 Å². The van der Waals surface area contributed by atoms with E-state index in [0.29, 0.717) is 43.5 Å². The number of halogens is 1. The molecule has 0 aliphatic rings. The van der Waals surface area contributed by atoms with Crippen LogP contribution in [0.1, 0.15) is 22.8 Å². The number of hydrogen-bond acceptors (Lipinski definition) is 3. The van der Waals surface area contributed by atoms with Crippen molar-refractivity contribution in [3.63, 3.8) is 0 Å². The van der Waals surface area contributed by atoms with Crippen LogP contribution in [0.4, 0.5) is 4.39 Å². The van der Waals surface area contributed by atoms with E-state index in [2.05, 4.69) is 15.6 Å². The molecule has 0 heterocycles. The first-order valence-electron chi connectivity index (χ1n) is 9.19. The predicted octanol–water partition coefficient (Wildman–Crippen LogP) is 2.66. The SMILES string of the molecule is CCNC(=NCCNC(=O)c1cccc(OC)c1)N(C)Cc1cccc(F)c1. The van der Waals surface area contributed by atoms with Gasteiger partial charge in [0, 0.05) is 32.2 Å². The number of nitrogens with zero attached hydrogens (tertiary/aromatic N) is 2. The molecule has 28 heavy (non-hydrogen) atoms. The number of carbonyl (C=O) groups excluding carboxylic acids is 1. The normalized spacial score (nSPS) is 11.1. The van der Waals surface area contributed by atoms with E-state index < -0.39 is 0 Å². The van der Waals surface area contributed by atoms with Crippen molar-refractivity contribution in [1.82, 2.24) is 15.5 Å². The Morgan fingerprint density at radius 1 is 1.18 bits per heavy atom. The number of benzene rings is 2. The van der Waals surface area contributed by atoms with Crippen molar-refractivity contribution in [2.75, 3.05) is 33.8 Å². The Labute approximate surface area is 165 Å². The molecule has 0 atom stereocenters. The summed E-state index contributed by atoms with van der Waals surface area (Å²) in [4.78, 5) is 18.7. The number of rotatable bonds is 8.